The predicted octanol–water partition coefficient (Wildman–Crippen LogP) is -0.345. The molecule has 0 aliphatic carbocycles. The fourth-order valence-electron chi connectivity index (χ4n) is 0.296. The number of hydrogen-bond donors (Lipinski definition) is 2. The molecule has 9 heavy (non-hydrogen) atoms. The minimum atomic E-state index is -1.30. The van der Waals surface area contributed by atoms with E-state index in [1.807, 2.05) is 0 Å². The van der Waals surface area contributed by atoms with E-state index >= 15 is 0 Å². The van der Waals surface area contributed by atoms with Crippen molar-refractivity contribution in [2.24, 2.45) is 0 Å². The standard InChI is InChI=1S/C5H12O4/c1-2-8-9-4-3-5(6)7/h5-7H,2-4H2,1H3. The molecule has 0 aromatic heterocycles. The van der Waals surface area contributed by atoms with Gasteiger partial charge < -0.3 is 10.2 Å². The largest absolute Gasteiger partial charge is 0.368 e. The Hall–Kier alpha value is -0.160. The van der Waals surface area contributed by atoms with Crippen molar-refractivity contribution in [3.63, 3.8) is 0 Å². The lowest BCUT2D eigenvalue weighted by Gasteiger charge is -2.02. The third-order valence-corrected chi connectivity index (χ3v) is 0.661. The molecule has 0 aromatic rings. The zero-order valence-corrected chi connectivity index (χ0v) is 5.41. The molecule has 0 aromatic carbocycles. The lowest BCUT2D eigenvalue weighted by Crippen LogP contribution is -2.08. The maximum Gasteiger partial charge on any atom is 0.153 e. The molecule has 0 rings (SSSR count). The van der Waals surface area contributed by atoms with Gasteiger partial charge in [-0.3, -0.25) is 0 Å². The second-order valence-electron chi connectivity index (χ2n) is 1.50. The first-order chi connectivity index (χ1) is 4.27. The van der Waals surface area contributed by atoms with Gasteiger partial charge in [-0.05, 0) is 6.92 Å². The SMILES string of the molecule is CCOOCCC(O)O. The highest BCUT2D eigenvalue weighted by Gasteiger charge is 1.95. The molecule has 0 fully saturated rings. The summed E-state index contributed by atoms with van der Waals surface area (Å²) >= 11 is 0. The van der Waals surface area contributed by atoms with E-state index in [4.69, 9.17) is 10.2 Å². The van der Waals surface area contributed by atoms with Crippen molar-refractivity contribution in [1.82, 2.24) is 0 Å². The number of aliphatic hydroxyl groups excluding tert-OH is 1. The van der Waals surface area contributed by atoms with Crippen LogP contribution >= 0.6 is 0 Å². The molecule has 2 N–H and O–H groups in total. The summed E-state index contributed by atoms with van der Waals surface area (Å²) in [5.74, 6) is 0. The summed E-state index contributed by atoms with van der Waals surface area (Å²) < 4.78 is 0. The Balaban J connectivity index is 2.75. The van der Waals surface area contributed by atoms with Crippen LogP contribution in [0.5, 0.6) is 0 Å². The molecule has 0 saturated carbocycles. The first kappa shape index (κ1) is 8.84. The summed E-state index contributed by atoms with van der Waals surface area (Å²) in [4.78, 5) is 8.94. The van der Waals surface area contributed by atoms with E-state index in [0.29, 0.717) is 6.61 Å². The van der Waals surface area contributed by atoms with Gasteiger partial charge in [0.1, 0.15) is 0 Å². The van der Waals surface area contributed by atoms with Crippen LogP contribution in [0.3, 0.4) is 0 Å². The normalized spacial score (nSPS) is 10.7. The molecule has 0 atom stereocenters. The summed E-state index contributed by atoms with van der Waals surface area (Å²) in [6.45, 7) is 2.47. The molecule has 0 aliphatic rings. The Morgan fingerprint density at radius 2 is 2.00 bits per heavy atom. The fourth-order valence-corrected chi connectivity index (χ4v) is 0.296. The van der Waals surface area contributed by atoms with Gasteiger partial charge in [0.25, 0.3) is 0 Å². The average molecular weight is 136 g/mol. The molecule has 4 nitrogen and oxygen atoms in total. The van der Waals surface area contributed by atoms with Crippen LogP contribution in [0.4, 0.5) is 0 Å². The van der Waals surface area contributed by atoms with Crippen LogP contribution < -0.4 is 0 Å². The van der Waals surface area contributed by atoms with Crippen LogP contribution in [0, 0.1) is 0 Å². The van der Waals surface area contributed by atoms with E-state index in [-0.39, 0.29) is 13.0 Å². The maximum atomic E-state index is 8.27. The Labute approximate surface area is 53.9 Å². The van der Waals surface area contributed by atoms with Crippen molar-refractivity contribution in [3.8, 4) is 0 Å². The van der Waals surface area contributed by atoms with Gasteiger partial charge in [0.15, 0.2) is 6.29 Å². The molecule has 56 valence electrons. The summed E-state index contributed by atoms with van der Waals surface area (Å²) in [5, 5.41) is 16.5. The predicted molar refractivity (Wildman–Crippen MR) is 30.4 cm³/mol. The molecule has 0 heterocycles. The lowest BCUT2D eigenvalue weighted by molar-refractivity contribution is -0.296. The molecule has 0 unspecified atom stereocenters. The van der Waals surface area contributed by atoms with Crippen LogP contribution in [0.1, 0.15) is 13.3 Å². The van der Waals surface area contributed by atoms with Gasteiger partial charge in [-0.2, -0.15) is 0 Å². The van der Waals surface area contributed by atoms with Crippen molar-refractivity contribution in [2.75, 3.05) is 13.2 Å². The van der Waals surface area contributed by atoms with Crippen molar-refractivity contribution >= 4 is 0 Å². The van der Waals surface area contributed by atoms with Gasteiger partial charge in [0, 0.05) is 6.42 Å². The molecule has 0 radical (unpaired) electrons. The van der Waals surface area contributed by atoms with E-state index in [1.165, 1.54) is 0 Å². The van der Waals surface area contributed by atoms with Gasteiger partial charge in [-0.15, -0.1) is 0 Å². The first-order valence-corrected chi connectivity index (χ1v) is 2.88. The lowest BCUT2D eigenvalue weighted by atomic mass is 10.5. The molecular formula is C5H12O4. The third kappa shape index (κ3) is 7.84. The van der Waals surface area contributed by atoms with Crippen LogP contribution in [-0.4, -0.2) is 29.7 Å². The number of aliphatic hydroxyl groups is 2. The van der Waals surface area contributed by atoms with Crippen molar-refractivity contribution < 1.29 is 20.0 Å². The molecule has 4 heteroatoms. The second kappa shape index (κ2) is 5.97. The summed E-state index contributed by atoms with van der Waals surface area (Å²) in [5.41, 5.74) is 0. The van der Waals surface area contributed by atoms with E-state index in [0.717, 1.165) is 0 Å². The molecule has 0 amide bonds. The van der Waals surface area contributed by atoms with Crippen LogP contribution in [0.2, 0.25) is 0 Å². The van der Waals surface area contributed by atoms with E-state index in [2.05, 4.69) is 9.78 Å². The fraction of sp³-hybridized carbons (Fsp3) is 1.00. The van der Waals surface area contributed by atoms with Crippen LogP contribution in [-0.2, 0) is 9.78 Å². The summed E-state index contributed by atoms with van der Waals surface area (Å²) in [6, 6.07) is 0. The zero-order valence-electron chi connectivity index (χ0n) is 5.41. The van der Waals surface area contributed by atoms with E-state index in [1.54, 1.807) is 6.92 Å². The molecule has 0 bridgehead atoms. The molecule has 0 spiro atoms. The highest BCUT2D eigenvalue weighted by molar-refractivity contribution is 4.32. The molecular weight excluding hydrogens is 124 g/mol. The van der Waals surface area contributed by atoms with E-state index in [9.17, 15) is 0 Å². The van der Waals surface area contributed by atoms with Gasteiger partial charge in [-0.25, -0.2) is 9.78 Å². The van der Waals surface area contributed by atoms with Gasteiger partial charge in [-0.1, -0.05) is 0 Å². The Morgan fingerprint density at radius 1 is 1.33 bits per heavy atom. The quantitative estimate of drug-likeness (QED) is 0.235. The first-order valence-electron chi connectivity index (χ1n) is 2.88. The highest BCUT2D eigenvalue weighted by Crippen LogP contribution is 1.87. The Bertz CT molecular complexity index is 54.9. The monoisotopic (exact) mass is 136 g/mol. The zero-order chi connectivity index (χ0) is 7.11. The van der Waals surface area contributed by atoms with E-state index < -0.39 is 6.29 Å². The minimum absolute atomic E-state index is 0.181. The summed E-state index contributed by atoms with van der Waals surface area (Å²) in [6.07, 6.45) is -1.12. The van der Waals surface area contributed by atoms with Gasteiger partial charge in [0.2, 0.25) is 0 Å². The Kier molecular flexibility index (Phi) is 5.86. The van der Waals surface area contributed by atoms with Crippen molar-refractivity contribution in [1.29, 1.82) is 0 Å². The molecule has 0 aliphatic heterocycles. The number of rotatable bonds is 5. The van der Waals surface area contributed by atoms with Crippen LogP contribution in [0.25, 0.3) is 0 Å². The minimum Gasteiger partial charge on any atom is -0.368 e. The molecule has 0 saturated heterocycles. The van der Waals surface area contributed by atoms with Crippen molar-refractivity contribution in [2.45, 2.75) is 19.6 Å². The van der Waals surface area contributed by atoms with Gasteiger partial charge >= 0.3 is 0 Å². The topological polar surface area (TPSA) is 58.9 Å². The second-order valence-corrected chi connectivity index (χ2v) is 1.50. The Morgan fingerprint density at radius 3 is 2.44 bits per heavy atom. The smallest absolute Gasteiger partial charge is 0.153 e. The third-order valence-electron chi connectivity index (χ3n) is 0.661. The van der Waals surface area contributed by atoms with Crippen LogP contribution in [0.15, 0.2) is 0 Å². The maximum absolute atomic E-state index is 8.27. The summed E-state index contributed by atoms with van der Waals surface area (Å²) in [7, 11) is 0. The highest BCUT2D eigenvalue weighted by atomic mass is 17.2. The van der Waals surface area contributed by atoms with Gasteiger partial charge in [0.05, 0.1) is 13.2 Å². The van der Waals surface area contributed by atoms with Crippen molar-refractivity contribution in [3.05, 3.63) is 0 Å². The average Bonchev–Trinajstić information content (AvgIpc) is 1.80. The number of hydrogen-bond acceptors (Lipinski definition) is 4.